The molecule has 1 saturated heterocycles. The quantitative estimate of drug-likeness (QED) is 0.798. The molecule has 1 atom stereocenters. The number of alkyl halides is 1. The Labute approximate surface area is 120 Å². The summed E-state index contributed by atoms with van der Waals surface area (Å²) in [5.74, 6) is -0.0123. The third-order valence-electron chi connectivity index (χ3n) is 2.88. The summed E-state index contributed by atoms with van der Waals surface area (Å²) in [4.78, 5) is 13.4. The van der Waals surface area contributed by atoms with Gasteiger partial charge in [0.15, 0.2) is 0 Å². The van der Waals surface area contributed by atoms with Gasteiger partial charge in [-0.3, -0.25) is 4.79 Å². The van der Waals surface area contributed by atoms with Crippen molar-refractivity contribution < 1.29 is 14.6 Å². The third kappa shape index (κ3) is 3.92. The zero-order valence-electron chi connectivity index (χ0n) is 10.5. The fraction of sp³-hybridized carbons (Fsp3) is 0.462. The number of hydrogen-bond acceptors (Lipinski definition) is 4. The molecule has 1 aliphatic heterocycles. The van der Waals surface area contributed by atoms with E-state index in [2.05, 4.69) is 21.2 Å². The molecule has 1 fully saturated rings. The first-order valence-electron chi connectivity index (χ1n) is 6.17. The van der Waals surface area contributed by atoms with Gasteiger partial charge in [-0.05, 0) is 24.3 Å². The first-order chi connectivity index (χ1) is 9.20. The lowest BCUT2D eigenvalue weighted by atomic mass is 10.2. The molecular weight excluding hydrogens is 312 g/mol. The van der Waals surface area contributed by atoms with Gasteiger partial charge in [0.2, 0.25) is 0 Å². The highest BCUT2D eigenvalue weighted by Gasteiger charge is 2.19. The minimum absolute atomic E-state index is 0.0123. The minimum Gasteiger partial charge on any atom is -0.390 e. The molecule has 1 unspecified atom stereocenters. The van der Waals surface area contributed by atoms with Gasteiger partial charge in [0.1, 0.15) is 6.61 Å². The van der Waals surface area contributed by atoms with Crippen molar-refractivity contribution in [1.29, 1.82) is 0 Å². The summed E-state index contributed by atoms with van der Waals surface area (Å²) in [6.07, 6.45) is -0.416. The number of nitrogens with one attached hydrogen (secondary N) is 1. The van der Waals surface area contributed by atoms with Crippen molar-refractivity contribution in [3.05, 3.63) is 24.3 Å². The first-order valence-corrected chi connectivity index (χ1v) is 7.29. The van der Waals surface area contributed by atoms with E-state index in [-0.39, 0.29) is 12.5 Å². The summed E-state index contributed by atoms with van der Waals surface area (Å²) in [6, 6.07) is 7.59. The highest BCUT2D eigenvalue weighted by molar-refractivity contribution is 9.09. The van der Waals surface area contributed by atoms with Crippen LogP contribution in [-0.4, -0.2) is 48.8 Å². The van der Waals surface area contributed by atoms with Crippen LogP contribution >= 0.6 is 15.9 Å². The van der Waals surface area contributed by atoms with E-state index in [1.807, 2.05) is 24.3 Å². The molecule has 2 N–H and O–H groups in total. The smallest absolute Gasteiger partial charge is 0.253 e. The number of nitrogens with zero attached hydrogens (tertiary/aromatic N) is 1. The van der Waals surface area contributed by atoms with Crippen LogP contribution in [0.25, 0.3) is 0 Å². The van der Waals surface area contributed by atoms with E-state index >= 15 is 0 Å². The molecule has 19 heavy (non-hydrogen) atoms. The van der Waals surface area contributed by atoms with Gasteiger partial charge < -0.3 is 20.1 Å². The molecular formula is C13H17BrN2O3. The largest absolute Gasteiger partial charge is 0.390 e. The summed E-state index contributed by atoms with van der Waals surface area (Å²) in [7, 11) is 0. The summed E-state index contributed by atoms with van der Waals surface area (Å²) >= 11 is 3.21. The maximum absolute atomic E-state index is 11.7. The number of rotatable bonds is 5. The molecule has 2 rings (SSSR count). The van der Waals surface area contributed by atoms with Crippen molar-refractivity contribution in [3.8, 4) is 0 Å². The zero-order chi connectivity index (χ0) is 13.7. The molecule has 0 saturated carbocycles. The lowest BCUT2D eigenvalue weighted by molar-refractivity contribution is -0.125. The second kappa shape index (κ2) is 6.88. The zero-order valence-corrected chi connectivity index (χ0v) is 12.1. The van der Waals surface area contributed by atoms with Crippen molar-refractivity contribution >= 4 is 33.2 Å². The second-order valence-electron chi connectivity index (χ2n) is 4.33. The number of benzene rings is 1. The number of morpholine rings is 1. The van der Waals surface area contributed by atoms with Gasteiger partial charge in [-0.2, -0.15) is 0 Å². The van der Waals surface area contributed by atoms with Crippen LogP contribution in [0.3, 0.4) is 0 Å². The van der Waals surface area contributed by atoms with Crippen LogP contribution in [0.5, 0.6) is 0 Å². The normalized spacial score (nSPS) is 17.4. The maximum Gasteiger partial charge on any atom is 0.253 e. The molecule has 0 spiro atoms. The van der Waals surface area contributed by atoms with Crippen LogP contribution in [-0.2, 0) is 9.53 Å². The predicted octanol–water partition coefficient (Wildman–Crippen LogP) is 1.22. The number of aliphatic hydroxyl groups excluding tert-OH is 1. The van der Waals surface area contributed by atoms with Gasteiger partial charge in [0.05, 0.1) is 12.7 Å². The summed E-state index contributed by atoms with van der Waals surface area (Å²) in [5, 5.41) is 13.1. The van der Waals surface area contributed by atoms with Crippen molar-refractivity contribution in [1.82, 2.24) is 0 Å². The number of anilines is 2. The molecule has 0 aromatic heterocycles. The van der Waals surface area contributed by atoms with E-state index in [0.29, 0.717) is 25.0 Å². The van der Waals surface area contributed by atoms with Gasteiger partial charge in [0, 0.05) is 29.8 Å². The van der Waals surface area contributed by atoms with Crippen molar-refractivity contribution in [2.45, 2.75) is 6.10 Å². The standard InChI is InChI=1S/C13H17BrN2O3/c14-7-12(17)8-15-10-1-3-11(4-2-10)16-5-6-19-9-13(16)18/h1-4,12,15,17H,5-9H2. The number of hydrogen-bond donors (Lipinski definition) is 2. The molecule has 104 valence electrons. The molecule has 5 nitrogen and oxygen atoms in total. The van der Waals surface area contributed by atoms with E-state index in [4.69, 9.17) is 4.74 Å². The Morgan fingerprint density at radius 3 is 2.79 bits per heavy atom. The van der Waals surface area contributed by atoms with Crippen molar-refractivity contribution in [3.63, 3.8) is 0 Å². The van der Waals surface area contributed by atoms with E-state index in [1.54, 1.807) is 4.90 Å². The first kappa shape index (κ1) is 14.3. The number of carbonyl (C=O) groups excluding carboxylic acids is 1. The predicted molar refractivity (Wildman–Crippen MR) is 77.9 cm³/mol. The number of carbonyl (C=O) groups is 1. The average Bonchev–Trinajstić information content (AvgIpc) is 2.46. The van der Waals surface area contributed by atoms with E-state index in [0.717, 1.165) is 11.4 Å². The Bertz CT molecular complexity index is 424. The topological polar surface area (TPSA) is 61.8 Å². The Morgan fingerprint density at radius 1 is 1.42 bits per heavy atom. The molecule has 1 aromatic rings. The second-order valence-corrected chi connectivity index (χ2v) is 4.98. The minimum atomic E-state index is -0.416. The third-order valence-corrected chi connectivity index (χ3v) is 3.63. The Balaban J connectivity index is 1.95. The van der Waals surface area contributed by atoms with Crippen LogP contribution in [0.1, 0.15) is 0 Å². The van der Waals surface area contributed by atoms with Crippen molar-refractivity contribution in [2.24, 2.45) is 0 Å². The van der Waals surface area contributed by atoms with Crippen LogP contribution in [0, 0.1) is 0 Å². The van der Waals surface area contributed by atoms with Crippen LogP contribution < -0.4 is 10.2 Å². The molecule has 6 heteroatoms. The van der Waals surface area contributed by atoms with Crippen molar-refractivity contribution in [2.75, 3.05) is 41.9 Å². The molecule has 0 radical (unpaired) electrons. The fourth-order valence-corrected chi connectivity index (χ4v) is 2.07. The average molecular weight is 329 g/mol. The van der Waals surface area contributed by atoms with E-state index < -0.39 is 6.10 Å². The van der Waals surface area contributed by atoms with E-state index in [9.17, 15) is 9.90 Å². The number of ether oxygens (including phenoxy) is 1. The van der Waals surface area contributed by atoms with Gasteiger partial charge >= 0.3 is 0 Å². The van der Waals surface area contributed by atoms with Gasteiger partial charge in [-0.25, -0.2) is 0 Å². The molecule has 1 amide bonds. The number of amides is 1. The molecule has 1 heterocycles. The highest BCUT2D eigenvalue weighted by atomic mass is 79.9. The maximum atomic E-state index is 11.7. The Morgan fingerprint density at radius 2 is 2.16 bits per heavy atom. The SMILES string of the molecule is O=C1COCCN1c1ccc(NCC(O)CBr)cc1. The highest BCUT2D eigenvalue weighted by Crippen LogP contribution is 2.19. The van der Waals surface area contributed by atoms with E-state index in [1.165, 1.54) is 0 Å². The monoisotopic (exact) mass is 328 g/mol. The summed E-state index contributed by atoms with van der Waals surface area (Å²) in [6.45, 7) is 1.80. The molecule has 0 bridgehead atoms. The molecule has 1 aliphatic rings. The Hall–Kier alpha value is -1.11. The lowest BCUT2D eigenvalue weighted by Crippen LogP contribution is -2.41. The summed E-state index contributed by atoms with van der Waals surface area (Å²) < 4.78 is 5.10. The molecule has 1 aromatic carbocycles. The number of halogens is 1. The Kier molecular flexibility index (Phi) is 5.18. The van der Waals surface area contributed by atoms with Gasteiger partial charge in [-0.1, -0.05) is 15.9 Å². The fourth-order valence-electron chi connectivity index (χ4n) is 1.84. The molecule has 0 aliphatic carbocycles. The van der Waals surface area contributed by atoms with Crippen LogP contribution in [0.2, 0.25) is 0 Å². The number of aliphatic hydroxyl groups is 1. The van der Waals surface area contributed by atoms with Gasteiger partial charge in [0.25, 0.3) is 5.91 Å². The lowest BCUT2D eigenvalue weighted by Gasteiger charge is -2.27. The van der Waals surface area contributed by atoms with Crippen LogP contribution in [0.15, 0.2) is 24.3 Å². The van der Waals surface area contributed by atoms with Gasteiger partial charge in [-0.15, -0.1) is 0 Å². The van der Waals surface area contributed by atoms with Crippen LogP contribution in [0.4, 0.5) is 11.4 Å². The summed E-state index contributed by atoms with van der Waals surface area (Å²) in [5.41, 5.74) is 1.80.